The van der Waals surface area contributed by atoms with Crippen LogP contribution < -0.4 is 4.90 Å². The van der Waals surface area contributed by atoms with E-state index in [1.165, 1.54) is 19.4 Å². The molecule has 1 saturated carbocycles. The van der Waals surface area contributed by atoms with Gasteiger partial charge >= 0.3 is 0 Å². The van der Waals surface area contributed by atoms with E-state index in [0.717, 1.165) is 63.7 Å². The SMILES string of the molecule is CC(C)C1CN(c2cncc(C(=O)N3CCCC3)n2)CCCN1CC1CC1. The zero-order valence-electron chi connectivity index (χ0n) is 16.8. The van der Waals surface area contributed by atoms with Crippen LogP contribution in [0.3, 0.4) is 0 Å². The van der Waals surface area contributed by atoms with Gasteiger partial charge < -0.3 is 9.80 Å². The number of hydrogen-bond acceptors (Lipinski definition) is 5. The van der Waals surface area contributed by atoms with E-state index in [1.807, 2.05) is 11.1 Å². The van der Waals surface area contributed by atoms with Crippen molar-refractivity contribution in [1.29, 1.82) is 0 Å². The first kappa shape index (κ1) is 18.7. The van der Waals surface area contributed by atoms with Crippen molar-refractivity contribution in [2.24, 2.45) is 11.8 Å². The van der Waals surface area contributed by atoms with Crippen molar-refractivity contribution in [2.75, 3.05) is 44.2 Å². The van der Waals surface area contributed by atoms with Crippen LogP contribution in [0.4, 0.5) is 5.82 Å². The quantitative estimate of drug-likeness (QED) is 0.796. The van der Waals surface area contributed by atoms with Gasteiger partial charge in [-0.1, -0.05) is 13.8 Å². The van der Waals surface area contributed by atoms with Crippen molar-refractivity contribution in [3.63, 3.8) is 0 Å². The Balaban J connectivity index is 1.49. The summed E-state index contributed by atoms with van der Waals surface area (Å²) in [4.78, 5) is 28.8. The number of anilines is 1. The van der Waals surface area contributed by atoms with Gasteiger partial charge in [-0.25, -0.2) is 4.98 Å². The van der Waals surface area contributed by atoms with Crippen LogP contribution in [0, 0.1) is 11.8 Å². The molecule has 1 aliphatic carbocycles. The molecule has 27 heavy (non-hydrogen) atoms. The Morgan fingerprint density at radius 2 is 1.89 bits per heavy atom. The Kier molecular flexibility index (Phi) is 5.62. The molecule has 4 rings (SSSR count). The van der Waals surface area contributed by atoms with Gasteiger partial charge in [0.1, 0.15) is 11.5 Å². The van der Waals surface area contributed by atoms with Crippen LogP contribution in [0.25, 0.3) is 0 Å². The molecular formula is C21H33N5O. The molecule has 1 atom stereocenters. The average molecular weight is 372 g/mol. The van der Waals surface area contributed by atoms with Crippen molar-refractivity contribution in [3.05, 3.63) is 18.1 Å². The molecule has 0 N–H and O–H groups in total. The Bertz CT molecular complexity index is 654. The summed E-state index contributed by atoms with van der Waals surface area (Å²) in [5.74, 6) is 2.41. The molecule has 0 bridgehead atoms. The minimum atomic E-state index is 0.0347. The van der Waals surface area contributed by atoms with E-state index >= 15 is 0 Å². The summed E-state index contributed by atoms with van der Waals surface area (Å²) in [5, 5.41) is 0. The van der Waals surface area contributed by atoms with Gasteiger partial charge in [0.15, 0.2) is 0 Å². The van der Waals surface area contributed by atoms with Crippen molar-refractivity contribution in [3.8, 4) is 0 Å². The average Bonchev–Trinajstić information content (AvgIpc) is 3.37. The molecule has 0 spiro atoms. The van der Waals surface area contributed by atoms with Gasteiger partial charge in [0.2, 0.25) is 0 Å². The first-order chi connectivity index (χ1) is 13.1. The van der Waals surface area contributed by atoms with Gasteiger partial charge in [-0.05, 0) is 43.9 Å². The molecule has 3 fully saturated rings. The molecule has 1 aromatic rings. The number of hydrogen-bond donors (Lipinski definition) is 0. The fourth-order valence-corrected chi connectivity index (χ4v) is 4.46. The number of likely N-dealkylation sites (tertiary alicyclic amines) is 1. The topological polar surface area (TPSA) is 52.6 Å². The minimum absolute atomic E-state index is 0.0347. The summed E-state index contributed by atoms with van der Waals surface area (Å²) in [5.41, 5.74) is 0.495. The number of carbonyl (C=O) groups excluding carboxylic acids is 1. The van der Waals surface area contributed by atoms with E-state index in [9.17, 15) is 4.79 Å². The van der Waals surface area contributed by atoms with Crippen molar-refractivity contribution in [1.82, 2.24) is 19.8 Å². The lowest BCUT2D eigenvalue weighted by atomic mass is 10.0. The van der Waals surface area contributed by atoms with Crippen molar-refractivity contribution >= 4 is 11.7 Å². The van der Waals surface area contributed by atoms with Gasteiger partial charge in [0, 0.05) is 45.3 Å². The smallest absolute Gasteiger partial charge is 0.274 e. The zero-order valence-corrected chi connectivity index (χ0v) is 16.8. The highest BCUT2D eigenvalue weighted by molar-refractivity contribution is 5.92. The standard InChI is InChI=1S/C21H33N5O/c1-16(2)19-15-26(11-5-10-25(19)14-17-6-7-17)20-13-22-12-18(23-20)21(27)24-8-3-4-9-24/h12-13,16-17,19H,3-11,14-15H2,1-2H3. The fraction of sp³-hybridized carbons (Fsp3) is 0.762. The van der Waals surface area contributed by atoms with Crippen molar-refractivity contribution in [2.45, 2.75) is 52.0 Å². The molecule has 148 valence electrons. The second-order valence-corrected chi connectivity index (χ2v) is 8.81. The van der Waals surface area contributed by atoms with Gasteiger partial charge in [0.25, 0.3) is 5.91 Å². The van der Waals surface area contributed by atoms with Crippen molar-refractivity contribution < 1.29 is 4.79 Å². The maximum Gasteiger partial charge on any atom is 0.274 e. The summed E-state index contributed by atoms with van der Waals surface area (Å²) in [7, 11) is 0. The first-order valence-corrected chi connectivity index (χ1v) is 10.7. The maximum atomic E-state index is 12.7. The van der Waals surface area contributed by atoms with E-state index in [4.69, 9.17) is 4.98 Å². The summed E-state index contributed by atoms with van der Waals surface area (Å²) in [6, 6.07) is 0.535. The molecule has 0 radical (unpaired) electrons. The molecule has 6 nitrogen and oxygen atoms in total. The maximum absolute atomic E-state index is 12.7. The number of amides is 1. The molecule has 3 aliphatic rings. The number of aromatic nitrogens is 2. The Hall–Kier alpha value is -1.69. The third-order valence-electron chi connectivity index (χ3n) is 6.27. The lowest BCUT2D eigenvalue weighted by molar-refractivity contribution is 0.0786. The summed E-state index contributed by atoms with van der Waals surface area (Å²) in [6.07, 6.45) is 9.59. The van der Waals surface area contributed by atoms with Crippen LogP contribution in [-0.2, 0) is 0 Å². The lowest BCUT2D eigenvalue weighted by Gasteiger charge is -2.35. The first-order valence-electron chi connectivity index (χ1n) is 10.7. The molecular weight excluding hydrogens is 338 g/mol. The predicted molar refractivity (Wildman–Crippen MR) is 107 cm³/mol. The van der Waals surface area contributed by atoms with E-state index in [-0.39, 0.29) is 5.91 Å². The van der Waals surface area contributed by atoms with Crippen LogP contribution in [0.15, 0.2) is 12.4 Å². The number of carbonyl (C=O) groups is 1. The fourth-order valence-electron chi connectivity index (χ4n) is 4.46. The van der Waals surface area contributed by atoms with Crippen LogP contribution in [-0.4, -0.2) is 71.0 Å². The van der Waals surface area contributed by atoms with Gasteiger partial charge in [-0.2, -0.15) is 0 Å². The summed E-state index contributed by atoms with van der Waals surface area (Å²) < 4.78 is 0. The monoisotopic (exact) mass is 371 g/mol. The Morgan fingerprint density at radius 1 is 1.11 bits per heavy atom. The van der Waals surface area contributed by atoms with Crippen LogP contribution >= 0.6 is 0 Å². The number of nitrogens with zero attached hydrogens (tertiary/aromatic N) is 5. The lowest BCUT2D eigenvalue weighted by Crippen LogP contribution is -2.45. The summed E-state index contributed by atoms with van der Waals surface area (Å²) in [6.45, 7) is 10.7. The minimum Gasteiger partial charge on any atom is -0.354 e. The molecule has 3 heterocycles. The number of rotatable bonds is 5. The molecule has 2 saturated heterocycles. The van der Waals surface area contributed by atoms with Crippen LogP contribution in [0.5, 0.6) is 0 Å². The largest absolute Gasteiger partial charge is 0.354 e. The second kappa shape index (κ2) is 8.13. The normalized spacial score (nSPS) is 24.5. The molecule has 1 aromatic heterocycles. The Labute approximate surface area is 162 Å². The van der Waals surface area contributed by atoms with E-state index in [2.05, 4.69) is 28.6 Å². The highest BCUT2D eigenvalue weighted by Crippen LogP contribution is 2.32. The van der Waals surface area contributed by atoms with E-state index < -0.39 is 0 Å². The molecule has 0 aromatic carbocycles. The predicted octanol–water partition coefficient (Wildman–Crippen LogP) is 2.66. The molecule has 2 aliphatic heterocycles. The highest BCUT2D eigenvalue weighted by atomic mass is 16.2. The molecule has 1 amide bonds. The van der Waals surface area contributed by atoms with E-state index in [0.29, 0.717) is 17.7 Å². The molecule has 6 heteroatoms. The summed E-state index contributed by atoms with van der Waals surface area (Å²) >= 11 is 0. The van der Waals surface area contributed by atoms with Crippen LogP contribution in [0.1, 0.15) is 56.4 Å². The Morgan fingerprint density at radius 3 is 2.59 bits per heavy atom. The molecule has 1 unspecified atom stereocenters. The van der Waals surface area contributed by atoms with Gasteiger partial charge in [-0.3, -0.25) is 14.7 Å². The highest BCUT2D eigenvalue weighted by Gasteiger charge is 2.32. The van der Waals surface area contributed by atoms with E-state index in [1.54, 1.807) is 6.20 Å². The third kappa shape index (κ3) is 4.42. The second-order valence-electron chi connectivity index (χ2n) is 8.81. The van der Waals surface area contributed by atoms with Crippen LogP contribution in [0.2, 0.25) is 0 Å². The van der Waals surface area contributed by atoms with Gasteiger partial charge in [0.05, 0.1) is 12.4 Å². The zero-order chi connectivity index (χ0) is 18.8. The third-order valence-corrected chi connectivity index (χ3v) is 6.27. The van der Waals surface area contributed by atoms with Gasteiger partial charge in [-0.15, -0.1) is 0 Å².